The number of nitrogens with one attached hydrogen (secondary N) is 1. The summed E-state index contributed by atoms with van der Waals surface area (Å²) in [6, 6.07) is -0.699. The number of hydrogen-bond donors (Lipinski definition) is 2. The van der Waals surface area contributed by atoms with Crippen molar-refractivity contribution in [3.63, 3.8) is 0 Å². The third kappa shape index (κ3) is 3.05. The van der Waals surface area contributed by atoms with Gasteiger partial charge < -0.3 is 19.4 Å². The monoisotopic (exact) mass is 476 g/mol. The Balaban J connectivity index is 1.62. The summed E-state index contributed by atoms with van der Waals surface area (Å²) < 4.78 is 28.7. The van der Waals surface area contributed by atoms with Crippen molar-refractivity contribution in [3.8, 4) is 0 Å². The van der Waals surface area contributed by atoms with E-state index in [0.29, 0.717) is 18.4 Å². The van der Waals surface area contributed by atoms with Crippen molar-refractivity contribution in [2.45, 2.75) is 83.0 Å². The van der Waals surface area contributed by atoms with Gasteiger partial charge in [0.15, 0.2) is 11.6 Å². The molecule has 1 unspecified atom stereocenters. The molecule has 0 radical (unpaired) electrons. The van der Waals surface area contributed by atoms with Crippen molar-refractivity contribution in [2.75, 3.05) is 14.1 Å². The molecule has 188 valence electrons. The van der Waals surface area contributed by atoms with Crippen molar-refractivity contribution in [2.24, 2.45) is 28.6 Å². The molecule has 34 heavy (non-hydrogen) atoms. The average Bonchev–Trinajstić information content (AvgIpc) is 3.13. The van der Waals surface area contributed by atoms with Gasteiger partial charge in [0.05, 0.1) is 12.2 Å². The number of halogens is 1. The smallest absolute Gasteiger partial charge is 0.164 e. The van der Waals surface area contributed by atoms with E-state index in [4.69, 9.17) is 9.47 Å². The maximum Gasteiger partial charge on any atom is 0.164 e. The lowest BCUT2D eigenvalue weighted by Crippen LogP contribution is -2.68. The summed E-state index contributed by atoms with van der Waals surface area (Å²) in [5.41, 5.74) is 1.39. The summed E-state index contributed by atoms with van der Waals surface area (Å²) in [6.07, 6.45) is 4.39. The van der Waals surface area contributed by atoms with Crippen LogP contribution in [0.25, 0.3) is 0 Å². The number of aldehydes is 1. The SMILES string of the molecule is CN(C)NC(C=O)[C@@]12OC(C)(C)O[C@@H]1C[C@H]1[C@@H]3CC(F)=C4CC(=O)C=C[C@]4(C)[C@H]3[C@@H](O)C[C@@]12C. The first kappa shape index (κ1) is 24.3. The molecule has 5 rings (SSSR count). The predicted molar refractivity (Wildman–Crippen MR) is 123 cm³/mol. The van der Waals surface area contributed by atoms with Gasteiger partial charge in [0.1, 0.15) is 23.8 Å². The fourth-order valence-corrected chi connectivity index (χ4v) is 8.53. The number of ketones is 1. The highest BCUT2D eigenvalue weighted by Gasteiger charge is 2.76. The van der Waals surface area contributed by atoms with Crippen LogP contribution in [0.1, 0.15) is 53.4 Å². The summed E-state index contributed by atoms with van der Waals surface area (Å²) in [4.78, 5) is 24.6. The van der Waals surface area contributed by atoms with Gasteiger partial charge in [0.25, 0.3) is 0 Å². The van der Waals surface area contributed by atoms with E-state index in [9.17, 15) is 14.7 Å². The van der Waals surface area contributed by atoms with Gasteiger partial charge in [0, 0.05) is 43.7 Å². The quantitative estimate of drug-likeness (QED) is 0.476. The van der Waals surface area contributed by atoms with Gasteiger partial charge >= 0.3 is 0 Å². The van der Waals surface area contributed by atoms with Crippen LogP contribution in [0.5, 0.6) is 0 Å². The first-order valence-electron chi connectivity index (χ1n) is 12.3. The molecule has 2 N–H and O–H groups in total. The van der Waals surface area contributed by atoms with Crippen LogP contribution >= 0.6 is 0 Å². The Morgan fingerprint density at radius 3 is 2.65 bits per heavy atom. The zero-order valence-electron chi connectivity index (χ0n) is 20.9. The van der Waals surface area contributed by atoms with Crippen molar-refractivity contribution in [3.05, 3.63) is 23.6 Å². The highest BCUT2D eigenvalue weighted by atomic mass is 19.1. The topological polar surface area (TPSA) is 88.1 Å². The second-order valence-electron chi connectivity index (χ2n) is 12.1. The van der Waals surface area contributed by atoms with Crippen molar-refractivity contribution >= 4 is 12.1 Å². The summed E-state index contributed by atoms with van der Waals surface area (Å²) in [5, 5.41) is 13.4. The highest BCUT2D eigenvalue weighted by Crippen LogP contribution is 2.71. The lowest BCUT2D eigenvalue weighted by atomic mass is 9.46. The van der Waals surface area contributed by atoms with Gasteiger partial charge in [-0.05, 0) is 50.2 Å². The minimum Gasteiger partial charge on any atom is -0.393 e. The Morgan fingerprint density at radius 2 is 2.00 bits per heavy atom. The van der Waals surface area contributed by atoms with Crippen LogP contribution in [0.3, 0.4) is 0 Å². The number of ether oxygens (including phenoxy) is 2. The third-order valence-electron chi connectivity index (χ3n) is 9.57. The number of carbonyl (C=O) groups is 2. The van der Waals surface area contributed by atoms with Gasteiger partial charge in [-0.25, -0.2) is 14.8 Å². The van der Waals surface area contributed by atoms with Gasteiger partial charge in [-0.3, -0.25) is 4.79 Å². The number of aliphatic hydroxyl groups excluding tert-OH is 1. The van der Waals surface area contributed by atoms with E-state index in [1.807, 2.05) is 34.9 Å². The largest absolute Gasteiger partial charge is 0.393 e. The molecule has 0 amide bonds. The normalized spacial score (nSPS) is 47.8. The van der Waals surface area contributed by atoms with Crippen LogP contribution in [0.15, 0.2) is 23.6 Å². The molecule has 1 heterocycles. The number of hydrogen-bond acceptors (Lipinski definition) is 7. The number of aliphatic hydroxyl groups is 1. The van der Waals surface area contributed by atoms with Crippen LogP contribution in [0.4, 0.5) is 4.39 Å². The second kappa shape index (κ2) is 7.53. The Hall–Kier alpha value is -1.45. The molecule has 2 saturated carbocycles. The van der Waals surface area contributed by atoms with Gasteiger partial charge in [-0.1, -0.05) is 19.9 Å². The summed E-state index contributed by atoms with van der Waals surface area (Å²) >= 11 is 0. The molecule has 0 spiro atoms. The Kier molecular flexibility index (Phi) is 5.37. The average molecular weight is 477 g/mol. The molecule has 9 atom stereocenters. The van der Waals surface area contributed by atoms with Crippen LogP contribution in [-0.2, 0) is 19.1 Å². The molecule has 3 fully saturated rings. The van der Waals surface area contributed by atoms with E-state index in [1.54, 1.807) is 17.2 Å². The van der Waals surface area contributed by atoms with Crippen LogP contribution < -0.4 is 5.43 Å². The first-order valence-corrected chi connectivity index (χ1v) is 12.3. The summed E-state index contributed by atoms with van der Waals surface area (Å²) in [7, 11) is 3.65. The zero-order valence-corrected chi connectivity index (χ0v) is 20.9. The molecule has 0 aromatic heterocycles. The zero-order chi connectivity index (χ0) is 24.8. The Bertz CT molecular complexity index is 978. The molecular weight excluding hydrogens is 439 g/mol. The standard InChI is InChI=1S/C26H37FN2O5/c1-23(2)33-21-11-16-15-10-18(27)17-9-14(31)7-8-24(17,3)22(15)19(32)12-25(16,4)26(21,34-23)20(13-30)28-29(5)6/h7-8,13,15-16,19-22,28,32H,9-12H2,1-6H3/t15-,16-,19-,20?,21+,22+,24-,25-,26+/m0/s1. The molecule has 7 nitrogen and oxygen atoms in total. The minimum atomic E-state index is -1.02. The molecule has 4 aliphatic carbocycles. The van der Waals surface area contributed by atoms with E-state index >= 15 is 4.39 Å². The lowest BCUT2D eigenvalue weighted by Gasteiger charge is -2.60. The molecule has 5 aliphatic rings. The summed E-state index contributed by atoms with van der Waals surface area (Å²) in [6.45, 7) is 7.74. The molecule has 8 heteroatoms. The number of fused-ring (bicyclic) bond motifs is 7. The third-order valence-corrected chi connectivity index (χ3v) is 9.57. The Labute approximate surface area is 200 Å². The molecule has 0 aromatic rings. The molecule has 1 aliphatic heterocycles. The van der Waals surface area contributed by atoms with E-state index in [0.717, 1.165) is 6.29 Å². The molecule has 0 bridgehead atoms. The number of rotatable bonds is 4. The molecular formula is C26H37FN2O5. The van der Waals surface area contributed by atoms with Gasteiger partial charge in [-0.2, -0.15) is 0 Å². The van der Waals surface area contributed by atoms with Crippen LogP contribution in [0, 0.1) is 28.6 Å². The first-order chi connectivity index (χ1) is 15.8. The number of allylic oxidation sites excluding steroid dienone is 4. The maximum absolute atomic E-state index is 15.6. The van der Waals surface area contributed by atoms with Gasteiger partial charge in [0.2, 0.25) is 0 Å². The van der Waals surface area contributed by atoms with Gasteiger partial charge in [-0.15, -0.1) is 0 Å². The van der Waals surface area contributed by atoms with Crippen LogP contribution in [-0.4, -0.2) is 65.9 Å². The van der Waals surface area contributed by atoms with Crippen LogP contribution in [0.2, 0.25) is 0 Å². The van der Waals surface area contributed by atoms with Crippen molar-refractivity contribution < 1.29 is 28.6 Å². The number of nitrogens with zero attached hydrogens (tertiary/aromatic N) is 1. The van der Waals surface area contributed by atoms with E-state index in [-0.39, 0.29) is 48.3 Å². The predicted octanol–water partition coefficient (Wildman–Crippen LogP) is 2.70. The molecule has 1 saturated heterocycles. The van der Waals surface area contributed by atoms with E-state index in [1.165, 1.54) is 0 Å². The number of hydrazine groups is 1. The summed E-state index contributed by atoms with van der Waals surface area (Å²) in [5.74, 6) is -1.63. The Morgan fingerprint density at radius 1 is 1.29 bits per heavy atom. The second-order valence-corrected chi connectivity index (χ2v) is 12.1. The van der Waals surface area contributed by atoms with Crippen molar-refractivity contribution in [1.29, 1.82) is 0 Å². The fraction of sp³-hybridized carbons (Fsp3) is 0.769. The van der Waals surface area contributed by atoms with E-state index < -0.39 is 34.4 Å². The lowest BCUT2D eigenvalue weighted by molar-refractivity contribution is -0.234. The molecule has 0 aromatic carbocycles. The van der Waals surface area contributed by atoms with Crippen molar-refractivity contribution in [1.82, 2.24) is 10.4 Å². The number of carbonyl (C=O) groups excluding carboxylic acids is 2. The fourth-order valence-electron chi connectivity index (χ4n) is 8.53. The maximum atomic E-state index is 15.6. The van der Waals surface area contributed by atoms with E-state index in [2.05, 4.69) is 12.3 Å². The highest BCUT2D eigenvalue weighted by molar-refractivity contribution is 5.93. The minimum absolute atomic E-state index is 0.0245.